The summed E-state index contributed by atoms with van der Waals surface area (Å²) >= 11 is 0. The van der Waals surface area contributed by atoms with Crippen molar-refractivity contribution < 1.29 is 8.42 Å². The fourth-order valence-corrected chi connectivity index (χ4v) is 3.05. The number of likely N-dealkylation sites (N-methyl/N-ethyl adjacent to an activating group) is 1. The standard InChI is InChI=1S/C15H22N4O2S/c1-12-5-6-15(9-13(12)2)22(20,21)17-14-10-16-19(11-14)8-7-18(3)4/h5-6,9-11,17H,7-8H2,1-4H3. The van der Waals surface area contributed by atoms with Gasteiger partial charge in [0.25, 0.3) is 10.0 Å². The summed E-state index contributed by atoms with van der Waals surface area (Å²) in [5.41, 5.74) is 2.48. The molecule has 0 spiro atoms. The first kappa shape index (κ1) is 16.5. The molecule has 6 nitrogen and oxygen atoms in total. The van der Waals surface area contributed by atoms with Crippen molar-refractivity contribution in [3.8, 4) is 0 Å². The lowest BCUT2D eigenvalue weighted by atomic mass is 10.1. The van der Waals surface area contributed by atoms with Crippen LogP contribution >= 0.6 is 0 Å². The van der Waals surface area contributed by atoms with Gasteiger partial charge >= 0.3 is 0 Å². The van der Waals surface area contributed by atoms with Gasteiger partial charge in [-0.2, -0.15) is 5.10 Å². The molecule has 0 aliphatic rings. The summed E-state index contributed by atoms with van der Waals surface area (Å²) in [5, 5.41) is 4.16. The van der Waals surface area contributed by atoms with E-state index in [2.05, 4.69) is 9.82 Å². The smallest absolute Gasteiger partial charge is 0.262 e. The first-order chi connectivity index (χ1) is 10.3. The van der Waals surface area contributed by atoms with Crippen molar-refractivity contribution in [3.63, 3.8) is 0 Å². The SMILES string of the molecule is Cc1ccc(S(=O)(=O)Nc2cnn(CCN(C)C)c2)cc1C. The Labute approximate surface area is 131 Å². The van der Waals surface area contributed by atoms with Gasteiger partial charge in [-0.1, -0.05) is 6.07 Å². The van der Waals surface area contributed by atoms with Gasteiger partial charge in [0.05, 0.1) is 23.3 Å². The summed E-state index contributed by atoms with van der Waals surface area (Å²) in [7, 11) is 0.374. The highest BCUT2D eigenvalue weighted by molar-refractivity contribution is 7.92. The van der Waals surface area contributed by atoms with Crippen molar-refractivity contribution in [2.75, 3.05) is 25.4 Å². The fourth-order valence-electron chi connectivity index (χ4n) is 1.94. The van der Waals surface area contributed by atoms with E-state index in [0.717, 1.165) is 17.7 Å². The van der Waals surface area contributed by atoms with E-state index >= 15 is 0 Å². The Kier molecular flexibility index (Phi) is 4.87. The zero-order valence-corrected chi connectivity index (χ0v) is 14.2. The summed E-state index contributed by atoms with van der Waals surface area (Å²) in [5.74, 6) is 0. The molecule has 1 heterocycles. The molecule has 120 valence electrons. The quantitative estimate of drug-likeness (QED) is 0.881. The molecule has 0 saturated carbocycles. The Morgan fingerprint density at radius 2 is 1.95 bits per heavy atom. The third kappa shape index (κ3) is 4.08. The number of anilines is 1. The molecule has 0 fully saturated rings. The summed E-state index contributed by atoms with van der Waals surface area (Å²) in [6, 6.07) is 5.10. The summed E-state index contributed by atoms with van der Waals surface area (Å²) < 4.78 is 29.1. The van der Waals surface area contributed by atoms with Gasteiger partial charge < -0.3 is 4.90 Å². The Hall–Kier alpha value is -1.86. The van der Waals surface area contributed by atoms with Gasteiger partial charge in [-0.05, 0) is 51.2 Å². The van der Waals surface area contributed by atoms with Gasteiger partial charge in [-0.25, -0.2) is 8.42 Å². The van der Waals surface area contributed by atoms with E-state index in [1.54, 1.807) is 23.0 Å². The number of benzene rings is 1. The third-order valence-electron chi connectivity index (χ3n) is 3.45. The van der Waals surface area contributed by atoms with E-state index in [4.69, 9.17) is 0 Å². The van der Waals surface area contributed by atoms with E-state index in [9.17, 15) is 8.42 Å². The molecule has 1 aromatic heterocycles. The van der Waals surface area contributed by atoms with E-state index in [1.807, 2.05) is 38.9 Å². The predicted octanol–water partition coefficient (Wildman–Crippen LogP) is 1.86. The highest BCUT2D eigenvalue weighted by Gasteiger charge is 2.15. The predicted molar refractivity (Wildman–Crippen MR) is 87.5 cm³/mol. The number of hydrogen-bond acceptors (Lipinski definition) is 4. The molecule has 0 atom stereocenters. The number of sulfonamides is 1. The van der Waals surface area contributed by atoms with E-state index in [0.29, 0.717) is 12.2 Å². The lowest BCUT2D eigenvalue weighted by Gasteiger charge is -2.09. The average molecular weight is 322 g/mol. The minimum Gasteiger partial charge on any atom is -0.308 e. The van der Waals surface area contributed by atoms with Gasteiger partial charge in [0.1, 0.15) is 0 Å². The summed E-state index contributed by atoms with van der Waals surface area (Å²) in [6.45, 7) is 5.39. The molecule has 0 saturated heterocycles. The second-order valence-electron chi connectivity index (χ2n) is 5.65. The van der Waals surface area contributed by atoms with Crippen LogP contribution in [0.3, 0.4) is 0 Å². The molecule has 2 rings (SSSR count). The molecule has 1 N–H and O–H groups in total. The maximum atomic E-state index is 12.4. The van der Waals surface area contributed by atoms with Gasteiger partial charge in [0, 0.05) is 12.7 Å². The lowest BCUT2D eigenvalue weighted by Crippen LogP contribution is -2.18. The van der Waals surface area contributed by atoms with Gasteiger partial charge in [-0.3, -0.25) is 9.40 Å². The number of aromatic nitrogens is 2. The highest BCUT2D eigenvalue weighted by Crippen LogP contribution is 2.18. The molecule has 0 aliphatic carbocycles. The first-order valence-electron chi connectivity index (χ1n) is 7.05. The van der Waals surface area contributed by atoms with Crippen LogP contribution in [0, 0.1) is 13.8 Å². The first-order valence-corrected chi connectivity index (χ1v) is 8.53. The zero-order chi connectivity index (χ0) is 16.3. The van der Waals surface area contributed by atoms with Crippen LogP contribution in [0.4, 0.5) is 5.69 Å². The van der Waals surface area contributed by atoms with Crippen LogP contribution in [-0.4, -0.2) is 43.7 Å². The minimum absolute atomic E-state index is 0.261. The van der Waals surface area contributed by atoms with E-state index in [1.165, 1.54) is 6.20 Å². The minimum atomic E-state index is -3.58. The Morgan fingerprint density at radius 3 is 2.59 bits per heavy atom. The van der Waals surface area contributed by atoms with Gasteiger partial charge in [0.2, 0.25) is 0 Å². The zero-order valence-electron chi connectivity index (χ0n) is 13.4. The van der Waals surface area contributed by atoms with Crippen LogP contribution in [0.2, 0.25) is 0 Å². The van der Waals surface area contributed by atoms with Crippen molar-refractivity contribution in [1.29, 1.82) is 0 Å². The number of nitrogens with one attached hydrogen (secondary N) is 1. The van der Waals surface area contributed by atoms with Crippen molar-refractivity contribution >= 4 is 15.7 Å². The molecule has 2 aromatic rings. The van der Waals surface area contributed by atoms with E-state index < -0.39 is 10.0 Å². The Morgan fingerprint density at radius 1 is 1.23 bits per heavy atom. The topological polar surface area (TPSA) is 67.2 Å². The number of nitrogens with zero attached hydrogens (tertiary/aromatic N) is 3. The van der Waals surface area contributed by atoms with Crippen LogP contribution in [0.1, 0.15) is 11.1 Å². The molecule has 1 aromatic carbocycles. The molecule has 0 aliphatic heterocycles. The molecule has 7 heteroatoms. The van der Waals surface area contributed by atoms with Crippen molar-refractivity contribution in [3.05, 3.63) is 41.7 Å². The summed E-state index contributed by atoms with van der Waals surface area (Å²) in [6.07, 6.45) is 3.22. The number of aryl methyl sites for hydroxylation is 2. The second-order valence-corrected chi connectivity index (χ2v) is 7.33. The van der Waals surface area contributed by atoms with Crippen LogP contribution < -0.4 is 4.72 Å². The molecule has 0 bridgehead atoms. The van der Waals surface area contributed by atoms with Crippen LogP contribution in [-0.2, 0) is 16.6 Å². The van der Waals surface area contributed by atoms with Crippen molar-refractivity contribution in [2.24, 2.45) is 0 Å². The average Bonchev–Trinajstić information content (AvgIpc) is 2.86. The fraction of sp³-hybridized carbons (Fsp3) is 0.400. The number of rotatable bonds is 6. The van der Waals surface area contributed by atoms with Crippen LogP contribution in [0.15, 0.2) is 35.5 Å². The third-order valence-corrected chi connectivity index (χ3v) is 4.83. The second kappa shape index (κ2) is 6.50. The van der Waals surface area contributed by atoms with Crippen molar-refractivity contribution in [2.45, 2.75) is 25.3 Å². The highest BCUT2D eigenvalue weighted by atomic mass is 32.2. The number of hydrogen-bond donors (Lipinski definition) is 1. The lowest BCUT2D eigenvalue weighted by molar-refractivity contribution is 0.373. The van der Waals surface area contributed by atoms with E-state index in [-0.39, 0.29) is 4.90 Å². The largest absolute Gasteiger partial charge is 0.308 e. The van der Waals surface area contributed by atoms with Crippen LogP contribution in [0.25, 0.3) is 0 Å². The molecule has 0 unspecified atom stereocenters. The normalized spacial score (nSPS) is 11.9. The van der Waals surface area contributed by atoms with Gasteiger partial charge in [0.15, 0.2) is 0 Å². The maximum absolute atomic E-state index is 12.4. The Bertz CT molecular complexity index is 751. The summed E-state index contributed by atoms with van der Waals surface area (Å²) in [4.78, 5) is 2.30. The maximum Gasteiger partial charge on any atom is 0.262 e. The molecule has 0 radical (unpaired) electrons. The van der Waals surface area contributed by atoms with Crippen LogP contribution in [0.5, 0.6) is 0 Å². The Balaban J connectivity index is 2.13. The molecule has 0 amide bonds. The molecular weight excluding hydrogens is 300 g/mol. The molecular formula is C15H22N4O2S. The monoisotopic (exact) mass is 322 g/mol. The molecule has 22 heavy (non-hydrogen) atoms. The van der Waals surface area contributed by atoms with Gasteiger partial charge in [-0.15, -0.1) is 0 Å². The van der Waals surface area contributed by atoms with Crippen molar-refractivity contribution in [1.82, 2.24) is 14.7 Å².